The van der Waals surface area contributed by atoms with E-state index in [-0.39, 0.29) is 13.4 Å². The van der Waals surface area contributed by atoms with Crippen LogP contribution in [0.1, 0.15) is 0 Å². The molecule has 0 N–H and O–H groups in total. The van der Waals surface area contributed by atoms with Crippen molar-refractivity contribution in [3.63, 3.8) is 0 Å². The number of rotatable bonds is 6. The molecule has 0 fully saturated rings. The largest absolute Gasteiger partial charge is 0.311 e. The highest BCUT2D eigenvalue weighted by atomic mass is 15.2. The summed E-state index contributed by atoms with van der Waals surface area (Å²) in [6.45, 7) is -0.219. The van der Waals surface area contributed by atoms with Gasteiger partial charge in [0.05, 0.1) is 5.69 Å². The Bertz CT molecular complexity index is 4580. The van der Waals surface area contributed by atoms with Crippen molar-refractivity contribution in [3.8, 4) is 22.3 Å². The maximum atomic E-state index is 2.64. The van der Waals surface area contributed by atoms with Gasteiger partial charge in [0.1, 0.15) is 0 Å². The second-order valence-electron chi connectivity index (χ2n) is 21.5. The van der Waals surface area contributed by atoms with Crippen LogP contribution in [0.3, 0.4) is 0 Å². The lowest BCUT2D eigenvalue weighted by Crippen LogP contribution is -2.65. The highest BCUT2D eigenvalue weighted by molar-refractivity contribution is 7.03. The molecule has 0 unspecified atom stereocenters. The van der Waals surface area contributed by atoms with E-state index in [1.165, 1.54) is 122 Å². The van der Waals surface area contributed by atoms with Crippen LogP contribution in [0, 0.1) is 0 Å². The van der Waals surface area contributed by atoms with Crippen molar-refractivity contribution in [3.05, 3.63) is 291 Å². The predicted molar refractivity (Wildman–Crippen MR) is 340 cm³/mol. The Morgan fingerprint density at radius 1 is 0.237 bits per heavy atom. The molecular formula is C74H48B2N4. The van der Waals surface area contributed by atoms with Gasteiger partial charge in [-0.25, -0.2) is 0 Å². The lowest BCUT2D eigenvalue weighted by molar-refractivity contribution is 1.23. The molecule has 0 atom stereocenters. The van der Waals surface area contributed by atoms with Crippen molar-refractivity contribution in [2.75, 3.05) is 19.6 Å². The number of para-hydroxylation sites is 6. The van der Waals surface area contributed by atoms with Crippen molar-refractivity contribution in [1.29, 1.82) is 0 Å². The summed E-state index contributed by atoms with van der Waals surface area (Å²) in [7, 11) is 0. The normalized spacial score (nSPS) is 13.3. The van der Waals surface area contributed by atoms with Crippen LogP contribution in [0.4, 0.5) is 68.2 Å². The molecule has 80 heavy (non-hydrogen) atoms. The number of benzene rings is 13. The van der Waals surface area contributed by atoms with Gasteiger partial charge < -0.3 is 19.6 Å². The first-order valence-electron chi connectivity index (χ1n) is 27.8. The van der Waals surface area contributed by atoms with E-state index < -0.39 is 0 Å². The molecule has 4 aliphatic heterocycles. The summed E-state index contributed by atoms with van der Waals surface area (Å²) in [5.41, 5.74) is 26.5. The predicted octanol–water partition coefficient (Wildman–Crippen LogP) is 15.5. The van der Waals surface area contributed by atoms with Gasteiger partial charge in [0.15, 0.2) is 0 Å². The fraction of sp³-hybridized carbons (Fsp3) is 0. The molecule has 4 nitrogen and oxygen atoms in total. The molecule has 0 spiro atoms. The summed E-state index contributed by atoms with van der Waals surface area (Å²) in [6, 6.07) is 109. The van der Waals surface area contributed by atoms with Crippen LogP contribution in [0.5, 0.6) is 0 Å². The second-order valence-corrected chi connectivity index (χ2v) is 21.5. The quantitative estimate of drug-likeness (QED) is 0.122. The standard InChI is InChI=1S/C74H48B2N4/c1-6-24-49(25-7-1)59-42-43-66-73-74(59)80(56-34-14-5-15-35-56)65-41-23-21-39-61(65)76(73)63-47-62-68(48-67(63)78(66)54-30-10-3-11-31-54)79(55-32-12-4-13-33-55)70-46-52(71-57-36-18-16-26-50(57)44-51-27-17-19-37-58(51)71)45-69-72(70)75(62)60-38-20-22-40-64(60)77(69)53-28-8-2-9-29-53/h1-48H. The number of anilines is 12. The fourth-order valence-corrected chi connectivity index (χ4v) is 14.1. The highest BCUT2D eigenvalue weighted by Gasteiger charge is 2.49. The van der Waals surface area contributed by atoms with Gasteiger partial charge in [0, 0.05) is 68.1 Å². The van der Waals surface area contributed by atoms with Gasteiger partial charge in [-0.1, -0.05) is 200 Å². The monoisotopic (exact) mass is 1010 g/mol. The molecule has 370 valence electrons. The third-order valence-corrected chi connectivity index (χ3v) is 17.3. The molecule has 6 heteroatoms. The van der Waals surface area contributed by atoms with E-state index in [0.29, 0.717) is 0 Å². The van der Waals surface area contributed by atoms with Crippen LogP contribution in [-0.4, -0.2) is 13.4 Å². The van der Waals surface area contributed by atoms with Crippen molar-refractivity contribution < 1.29 is 0 Å². The molecule has 0 aliphatic carbocycles. The highest BCUT2D eigenvalue weighted by Crippen LogP contribution is 2.52. The third-order valence-electron chi connectivity index (χ3n) is 17.3. The summed E-state index contributed by atoms with van der Waals surface area (Å²) in [5.74, 6) is 0. The van der Waals surface area contributed by atoms with E-state index >= 15 is 0 Å². The zero-order chi connectivity index (χ0) is 52.4. The van der Waals surface area contributed by atoms with Crippen molar-refractivity contribution >= 4 is 136 Å². The van der Waals surface area contributed by atoms with Gasteiger partial charge in [-0.3, -0.25) is 0 Å². The third kappa shape index (κ3) is 6.54. The van der Waals surface area contributed by atoms with Crippen molar-refractivity contribution in [2.24, 2.45) is 0 Å². The van der Waals surface area contributed by atoms with E-state index in [0.717, 1.165) is 22.7 Å². The van der Waals surface area contributed by atoms with E-state index in [2.05, 4.69) is 311 Å². The molecule has 17 rings (SSSR count). The fourth-order valence-electron chi connectivity index (χ4n) is 14.1. The molecule has 13 aromatic rings. The Kier molecular flexibility index (Phi) is 9.87. The lowest BCUT2D eigenvalue weighted by atomic mass is 9.30. The van der Waals surface area contributed by atoms with Crippen LogP contribution < -0.4 is 52.4 Å². The smallest absolute Gasteiger partial charge is 0.252 e. The summed E-state index contributed by atoms with van der Waals surface area (Å²) in [5, 5.41) is 4.92. The SMILES string of the molecule is c1ccc(-c2ccc3c4c2N(c2ccccc2)c2ccccc2B4c2cc4c(cc2N3c2ccccc2)N(c2ccccc2)c2cc(-c3c5ccccc5cc5ccccc35)cc3c2B4c2ccccc2N3c2ccccc2)cc1. The molecule has 0 aromatic heterocycles. The maximum absolute atomic E-state index is 2.64. The number of fused-ring (bicyclic) bond motifs is 10. The first-order valence-corrected chi connectivity index (χ1v) is 27.8. The Labute approximate surface area is 466 Å². The van der Waals surface area contributed by atoms with Crippen LogP contribution in [0.2, 0.25) is 0 Å². The van der Waals surface area contributed by atoms with Gasteiger partial charge in [-0.2, -0.15) is 0 Å². The topological polar surface area (TPSA) is 13.0 Å². The molecule has 4 heterocycles. The average molecular weight is 1010 g/mol. The lowest BCUT2D eigenvalue weighted by Gasteiger charge is -2.47. The molecule has 0 amide bonds. The molecule has 4 aliphatic rings. The second kappa shape index (κ2) is 17.6. The molecule has 0 radical (unpaired) electrons. The van der Waals surface area contributed by atoms with Crippen molar-refractivity contribution in [1.82, 2.24) is 0 Å². The van der Waals surface area contributed by atoms with Crippen LogP contribution >= 0.6 is 0 Å². The number of hydrogen-bond donors (Lipinski definition) is 0. The minimum absolute atomic E-state index is 0.104. The molecule has 13 aromatic carbocycles. The van der Waals surface area contributed by atoms with E-state index in [1.54, 1.807) is 0 Å². The maximum Gasteiger partial charge on any atom is 0.252 e. The van der Waals surface area contributed by atoms with Gasteiger partial charge >= 0.3 is 0 Å². The van der Waals surface area contributed by atoms with Crippen molar-refractivity contribution in [2.45, 2.75) is 0 Å². The van der Waals surface area contributed by atoms with E-state index in [9.17, 15) is 0 Å². The number of hydrogen-bond acceptors (Lipinski definition) is 4. The Morgan fingerprint density at radius 3 is 1.19 bits per heavy atom. The Hall–Kier alpha value is -10.3. The van der Waals surface area contributed by atoms with Gasteiger partial charge in [-0.15, -0.1) is 0 Å². The molecule has 0 saturated carbocycles. The molecule has 0 bridgehead atoms. The summed E-state index contributed by atoms with van der Waals surface area (Å²) >= 11 is 0. The summed E-state index contributed by atoms with van der Waals surface area (Å²) < 4.78 is 0. The zero-order valence-electron chi connectivity index (χ0n) is 43.7. The first-order chi connectivity index (χ1) is 39.7. The van der Waals surface area contributed by atoms with Gasteiger partial charge in [0.25, 0.3) is 13.4 Å². The summed E-state index contributed by atoms with van der Waals surface area (Å²) in [6.07, 6.45) is 0. The van der Waals surface area contributed by atoms with E-state index in [4.69, 9.17) is 0 Å². The summed E-state index contributed by atoms with van der Waals surface area (Å²) in [4.78, 5) is 10.2. The average Bonchev–Trinajstić information content (AvgIpc) is 2.56. The zero-order valence-corrected chi connectivity index (χ0v) is 43.7. The molecule has 0 saturated heterocycles. The van der Waals surface area contributed by atoms with Gasteiger partial charge in [-0.05, 0) is 162 Å². The minimum Gasteiger partial charge on any atom is -0.311 e. The van der Waals surface area contributed by atoms with Gasteiger partial charge in [0.2, 0.25) is 0 Å². The van der Waals surface area contributed by atoms with E-state index in [1.807, 2.05) is 0 Å². The van der Waals surface area contributed by atoms with Crippen LogP contribution in [-0.2, 0) is 0 Å². The van der Waals surface area contributed by atoms with Crippen LogP contribution in [0.15, 0.2) is 291 Å². The molecular weight excluding hydrogens is 966 g/mol. The number of nitrogens with zero attached hydrogens (tertiary/aromatic N) is 4. The minimum atomic E-state index is -0.115. The Morgan fingerprint density at radius 2 is 0.650 bits per heavy atom. The van der Waals surface area contributed by atoms with Crippen LogP contribution in [0.25, 0.3) is 43.8 Å². The first kappa shape index (κ1) is 44.8. The Balaban J connectivity index is 1.01.